The molecule has 1 N–H and O–H groups in total. The van der Waals surface area contributed by atoms with Gasteiger partial charge in [-0.3, -0.25) is 14.8 Å². The van der Waals surface area contributed by atoms with Crippen LogP contribution < -0.4 is 10.1 Å². The third-order valence-electron chi connectivity index (χ3n) is 2.77. The fourth-order valence-electron chi connectivity index (χ4n) is 1.71. The van der Waals surface area contributed by atoms with Gasteiger partial charge in [-0.2, -0.15) is 5.10 Å². The number of rotatable bonds is 5. The summed E-state index contributed by atoms with van der Waals surface area (Å²) in [6.07, 6.45) is 1.70. The van der Waals surface area contributed by atoms with Gasteiger partial charge in [-0.25, -0.2) is 0 Å². The molecule has 1 aromatic carbocycles. The highest BCUT2D eigenvalue weighted by Gasteiger charge is 2.15. The van der Waals surface area contributed by atoms with Crippen LogP contribution >= 0.6 is 0 Å². The number of anilines is 1. The van der Waals surface area contributed by atoms with Gasteiger partial charge in [0.1, 0.15) is 0 Å². The Morgan fingerprint density at radius 3 is 2.84 bits per heavy atom. The molecule has 0 bridgehead atoms. The Bertz CT molecular complexity index is 594. The van der Waals surface area contributed by atoms with E-state index in [2.05, 4.69) is 10.4 Å². The zero-order valence-corrected chi connectivity index (χ0v) is 10.7. The molecule has 0 amide bonds. The van der Waals surface area contributed by atoms with Crippen molar-refractivity contribution in [2.24, 2.45) is 7.05 Å². The van der Waals surface area contributed by atoms with Crippen LogP contribution in [0.3, 0.4) is 0 Å². The zero-order valence-electron chi connectivity index (χ0n) is 10.7. The molecule has 100 valence electrons. The molecule has 1 aromatic heterocycles. The lowest BCUT2D eigenvalue weighted by Crippen LogP contribution is -2.05. The molecular formula is C12H14N4O3. The van der Waals surface area contributed by atoms with Crippen molar-refractivity contribution in [1.82, 2.24) is 9.78 Å². The third-order valence-corrected chi connectivity index (χ3v) is 2.77. The number of nitrogens with one attached hydrogen (secondary N) is 1. The van der Waals surface area contributed by atoms with Crippen LogP contribution in [0.15, 0.2) is 30.5 Å². The van der Waals surface area contributed by atoms with Gasteiger partial charge in [0, 0.05) is 25.0 Å². The maximum absolute atomic E-state index is 10.9. The molecular weight excluding hydrogens is 248 g/mol. The summed E-state index contributed by atoms with van der Waals surface area (Å²) in [4.78, 5) is 10.4. The second kappa shape index (κ2) is 5.38. The van der Waals surface area contributed by atoms with E-state index in [0.717, 1.165) is 5.69 Å². The lowest BCUT2D eigenvalue weighted by molar-refractivity contribution is -0.385. The van der Waals surface area contributed by atoms with Gasteiger partial charge in [-0.1, -0.05) is 0 Å². The minimum Gasteiger partial charge on any atom is -0.490 e. The zero-order chi connectivity index (χ0) is 13.8. The van der Waals surface area contributed by atoms with Gasteiger partial charge in [-0.15, -0.1) is 0 Å². The van der Waals surface area contributed by atoms with Crippen molar-refractivity contribution in [3.63, 3.8) is 0 Å². The molecule has 0 atom stereocenters. The molecule has 0 saturated heterocycles. The van der Waals surface area contributed by atoms with E-state index >= 15 is 0 Å². The van der Waals surface area contributed by atoms with E-state index in [1.54, 1.807) is 23.0 Å². The second-order valence-corrected chi connectivity index (χ2v) is 3.94. The number of hydrogen-bond donors (Lipinski definition) is 1. The first kappa shape index (κ1) is 12.9. The number of ether oxygens (including phenoxy) is 1. The summed E-state index contributed by atoms with van der Waals surface area (Å²) in [6, 6.07) is 6.64. The van der Waals surface area contributed by atoms with Crippen LogP contribution in [-0.2, 0) is 13.6 Å². The fourth-order valence-corrected chi connectivity index (χ4v) is 1.71. The van der Waals surface area contributed by atoms with Crippen molar-refractivity contribution in [3.05, 3.63) is 46.3 Å². The second-order valence-electron chi connectivity index (χ2n) is 3.94. The Balaban J connectivity index is 2.15. The van der Waals surface area contributed by atoms with E-state index in [1.807, 2.05) is 13.1 Å². The molecule has 0 aliphatic heterocycles. The van der Waals surface area contributed by atoms with Crippen molar-refractivity contribution in [3.8, 4) is 5.75 Å². The Morgan fingerprint density at radius 1 is 1.47 bits per heavy atom. The largest absolute Gasteiger partial charge is 0.490 e. The summed E-state index contributed by atoms with van der Waals surface area (Å²) in [5.41, 5.74) is 1.59. The van der Waals surface area contributed by atoms with Crippen LogP contribution in [0.25, 0.3) is 0 Å². The van der Waals surface area contributed by atoms with E-state index < -0.39 is 4.92 Å². The number of hydrogen-bond acceptors (Lipinski definition) is 5. The predicted molar refractivity (Wildman–Crippen MR) is 70.2 cm³/mol. The van der Waals surface area contributed by atoms with Crippen LogP contribution in [0.4, 0.5) is 11.4 Å². The van der Waals surface area contributed by atoms with Gasteiger partial charge < -0.3 is 10.1 Å². The summed E-state index contributed by atoms with van der Waals surface area (Å²) in [5.74, 6) is 0.246. The third kappa shape index (κ3) is 2.82. The highest BCUT2D eigenvalue weighted by molar-refractivity contribution is 5.58. The molecule has 0 spiro atoms. The summed E-state index contributed by atoms with van der Waals surface area (Å²) in [7, 11) is 3.25. The van der Waals surface area contributed by atoms with Crippen LogP contribution in [0.5, 0.6) is 5.75 Å². The first-order valence-corrected chi connectivity index (χ1v) is 5.65. The predicted octanol–water partition coefficient (Wildman–Crippen LogP) is 1.95. The standard InChI is InChI=1S/C12H14N4O3/c1-15-10(5-6-14-15)8-13-9-3-4-12(19-2)11(7-9)16(17)18/h3-7,13H,8H2,1-2H3. The highest BCUT2D eigenvalue weighted by Crippen LogP contribution is 2.29. The number of nitrogens with zero attached hydrogens (tertiary/aromatic N) is 3. The molecule has 1 heterocycles. The maximum Gasteiger partial charge on any atom is 0.312 e. The van der Waals surface area contributed by atoms with Crippen LogP contribution in [0, 0.1) is 10.1 Å². The van der Waals surface area contributed by atoms with E-state index in [-0.39, 0.29) is 11.4 Å². The number of methoxy groups -OCH3 is 1. The maximum atomic E-state index is 10.9. The SMILES string of the molecule is COc1ccc(NCc2ccnn2C)cc1[N+](=O)[O-]. The molecule has 7 heteroatoms. The Kier molecular flexibility index (Phi) is 3.65. The normalized spacial score (nSPS) is 10.2. The van der Waals surface area contributed by atoms with E-state index in [9.17, 15) is 10.1 Å². The fraction of sp³-hybridized carbons (Fsp3) is 0.250. The van der Waals surface area contributed by atoms with Crippen molar-refractivity contribution >= 4 is 11.4 Å². The van der Waals surface area contributed by atoms with Gasteiger partial charge in [0.05, 0.1) is 24.3 Å². The molecule has 0 unspecified atom stereocenters. The lowest BCUT2D eigenvalue weighted by atomic mass is 10.2. The van der Waals surface area contributed by atoms with Gasteiger partial charge in [0.15, 0.2) is 5.75 Å². The van der Waals surface area contributed by atoms with E-state index in [1.165, 1.54) is 13.2 Å². The highest BCUT2D eigenvalue weighted by atomic mass is 16.6. The first-order valence-electron chi connectivity index (χ1n) is 5.65. The number of aromatic nitrogens is 2. The molecule has 0 saturated carbocycles. The molecule has 0 aliphatic carbocycles. The van der Waals surface area contributed by atoms with Gasteiger partial charge in [0.25, 0.3) is 0 Å². The summed E-state index contributed by atoms with van der Waals surface area (Å²) in [5, 5.41) is 18.1. The first-order chi connectivity index (χ1) is 9.11. The summed E-state index contributed by atoms with van der Waals surface area (Å²) < 4.78 is 6.69. The molecule has 2 aromatic rings. The average molecular weight is 262 g/mol. The molecule has 7 nitrogen and oxygen atoms in total. The monoisotopic (exact) mass is 262 g/mol. The molecule has 0 aliphatic rings. The number of nitro benzene ring substituents is 1. The van der Waals surface area contributed by atoms with Crippen molar-refractivity contribution in [2.75, 3.05) is 12.4 Å². The van der Waals surface area contributed by atoms with E-state index in [4.69, 9.17) is 4.74 Å². The van der Waals surface area contributed by atoms with Crippen molar-refractivity contribution < 1.29 is 9.66 Å². The molecule has 0 fully saturated rings. The summed E-state index contributed by atoms with van der Waals surface area (Å²) >= 11 is 0. The Labute approximate surface area is 110 Å². The topological polar surface area (TPSA) is 82.2 Å². The number of benzene rings is 1. The summed E-state index contributed by atoms with van der Waals surface area (Å²) in [6.45, 7) is 0.542. The Morgan fingerprint density at radius 2 is 2.26 bits per heavy atom. The minimum absolute atomic E-state index is 0.0579. The number of aryl methyl sites for hydroxylation is 1. The smallest absolute Gasteiger partial charge is 0.312 e. The van der Waals surface area contributed by atoms with Crippen molar-refractivity contribution in [2.45, 2.75) is 6.54 Å². The Hall–Kier alpha value is -2.57. The van der Waals surface area contributed by atoms with Crippen molar-refractivity contribution in [1.29, 1.82) is 0 Å². The lowest BCUT2D eigenvalue weighted by Gasteiger charge is -2.08. The van der Waals surface area contributed by atoms with Gasteiger partial charge in [0.2, 0.25) is 0 Å². The number of nitro groups is 1. The van der Waals surface area contributed by atoms with Gasteiger partial charge >= 0.3 is 5.69 Å². The quantitative estimate of drug-likeness (QED) is 0.657. The van der Waals surface area contributed by atoms with Gasteiger partial charge in [-0.05, 0) is 18.2 Å². The molecule has 0 radical (unpaired) electrons. The van der Waals surface area contributed by atoms with Crippen LogP contribution in [-0.4, -0.2) is 21.8 Å². The van der Waals surface area contributed by atoms with Crippen LogP contribution in [0.2, 0.25) is 0 Å². The molecule has 2 rings (SSSR count). The van der Waals surface area contributed by atoms with E-state index in [0.29, 0.717) is 12.2 Å². The van der Waals surface area contributed by atoms with Crippen LogP contribution in [0.1, 0.15) is 5.69 Å². The minimum atomic E-state index is -0.464. The molecule has 19 heavy (non-hydrogen) atoms. The average Bonchev–Trinajstić information content (AvgIpc) is 2.81.